The molecule has 0 aliphatic rings. The average molecular weight is 280 g/mol. The monoisotopic (exact) mass is 280 g/mol. The summed E-state index contributed by atoms with van der Waals surface area (Å²) in [6.45, 7) is 3.27. The molecule has 0 radical (unpaired) electrons. The van der Waals surface area contributed by atoms with Crippen LogP contribution in [0.1, 0.15) is 33.1 Å². The van der Waals surface area contributed by atoms with Gasteiger partial charge in [0, 0.05) is 0 Å². The van der Waals surface area contributed by atoms with Crippen LogP contribution in [-0.4, -0.2) is 43.7 Å². The van der Waals surface area contributed by atoms with E-state index >= 15 is 0 Å². The van der Waals surface area contributed by atoms with Gasteiger partial charge in [0.05, 0.1) is 12.3 Å². The summed E-state index contributed by atoms with van der Waals surface area (Å²) in [5.74, 6) is -1.77. The highest BCUT2D eigenvalue weighted by Crippen LogP contribution is 2.01. The second kappa shape index (κ2) is 7.32. The van der Waals surface area contributed by atoms with Crippen LogP contribution in [-0.2, 0) is 19.6 Å². The fraction of sp³-hybridized carbons (Fsp3) is 0.800. The maximum absolute atomic E-state index is 11.6. The Morgan fingerprint density at radius 2 is 1.89 bits per heavy atom. The fourth-order valence-electron chi connectivity index (χ4n) is 1.34. The number of hydrogen-bond acceptors (Lipinski definition) is 4. The second-order valence-electron chi connectivity index (χ2n) is 4.15. The highest BCUT2D eigenvalue weighted by atomic mass is 32.2. The van der Waals surface area contributed by atoms with Gasteiger partial charge in [-0.2, -0.15) is 0 Å². The largest absolute Gasteiger partial charge is 0.480 e. The highest BCUT2D eigenvalue weighted by molar-refractivity contribution is 7.88. The van der Waals surface area contributed by atoms with Crippen LogP contribution in [0.3, 0.4) is 0 Å². The van der Waals surface area contributed by atoms with E-state index < -0.39 is 34.0 Å². The van der Waals surface area contributed by atoms with Crippen LogP contribution in [0.4, 0.5) is 0 Å². The molecule has 1 unspecified atom stereocenters. The molecule has 0 heterocycles. The van der Waals surface area contributed by atoms with Crippen LogP contribution in [0.2, 0.25) is 0 Å². The number of unbranched alkanes of at least 4 members (excludes halogenated alkanes) is 1. The third kappa shape index (κ3) is 7.23. The summed E-state index contributed by atoms with van der Waals surface area (Å²) in [7, 11) is -3.50. The van der Waals surface area contributed by atoms with Gasteiger partial charge in [-0.3, -0.25) is 4.79 Å². The first-order valence-corrected chi connectivity index (χ1v) is 7.57. The third-order valence-electron chi connectivity index (χ3n) is 2.25. The number of carbonyl (C=O) groups excluding carboxylic acids is 1. The van der Waals surface area contributed by atoms with Crippen LogP contribution in [0.25, 0.3) is 0 Å². The molecule has 0 aromatic carbocycles. The first-order valence-electron chi connectivity index (χ1n) is 5.67. The molecule has 3 N–H and O–H groups in total. The summed E-state index contributed by atoms with van der Waals surface area (Å²) in [5.41, 5.74) is 0. The maximum Gasteiger partial charge on any atom is 0.326 e. The molecule has 106 valence electrons. The minimum Gasteiger partial charge on any atom is -0.480 e. The smallest absolute Gasteiger partial charge is 0.326 e. The Bertz CT molecular complexity index is 393. The van der Waals surface area contributed by atoms with E-state index in [0.29, 0.717) is 12.8 Å². The lowest BCUT2D eigenvalue weighted by atomic mass is 10.1. The third-order valence-corrected chi connectivity index (χ3v) is 3.03. The topological polar surface area (TPSA) is 113 Å². The number of carboxylic acids is 1. The van der Waals surface area contributed by atoms with Crippen molar-refractivity contribution in [2.45, 2.75) is 45.2 Å². The van der Waals surface area contributed by atoms with Crippen LogP contribution in [0.5, 0.6) is 0 Å². The molecule has 0 aliphatic carbocycles. The van der Waals surface area contributed by atoms with Crippen molar-refractivity contribution in [1.29, 1.82) is 0 Å². The second-order valence-corrected chi connectivity index (χ2v) is 5.93. The summed E-state index contributed by atoms with van der Waals surface area (Å²) in [4.78, 5) is 22.5. The maximum atomic E-state index is 11.6. The molecule has 0 saturated carbocycles. The number of carbonyl (C=O) groups is 2. The van der Waals surface area contributed by atoms with Crippen LogP contribution in [0, 0.1) is 0 Å². The zero-order chi connectivity index (χ0) is 14.3. The van der Waals surface area contributed by atoms with Gasteiger partial charge in [-0.05, 0) is 13.3 Å². The number of hydrogen-bond donors (Lipinski definition) is 3. The minimum atomic E-state index is -3.50. The van der Waals surface area contributed by atoms with E-state index in [1.165, 1.54) is 6.92 Å². The summed E-state index contributed by atoms with van der Waals surface area (Å²) in [5, 5.41) is 11.2. The Morgan fingerprint density at radius 1 is 1.33 bits per heavy atom. The molecule has 0 aliphatic heterocycles. The van der Waals surface area contributed by atoms with E-state index in [-0.39, 0.29) is 0 Å². The van der Waals surface area contributed by atoms with Gasteiger partial charge in [-0.25, -0.2) is 17.9 Å². The molecule has 8 heteroatoms. The molecular weight excluding hydrogens is 260 g/mol. The van der Waals surface area contributed by atoms with E-state index in [2.05, 4.69) is 10.0 Å². The Kier molecular flexibility index (Phi) is 6.85. The SMILES string of the molecule is CCCC[C@H](NC(=O)C(C)NS(C)(=O)=O)C(=O)O. The van der Waals surface area contributed by atoms with E-state index in [0.717, 1.165) is 12.7 Å². The van der Waals surface area contributed by atoms with Gasteiger partial charge < -0.3 is 10.4 Å². The molecule has 0 saturated heterocycles. The van der Waals surface area contributed by atoms with Gasteiger partial charge in [0.2, 0.25) is 15.9 Å². The molecule has 0 aromatic heterocycles. The van der Waals surface area contributed by atoms with E-state index in [4.69, 9.17) is 5.11 Å². The van der Waals surface area contributed by atoms with E-state index in [9.17, 15) is 18.0 Å². The first-order chi connectivity index (χ1) is 8.17. The number of nitrogens with one attached hydrogen (secondary N) is 2. The van der Waals surface area contributed by atoms with Crippen molar-refractivity contribution < 1.29 is 23.1 Å². The van der Waals surface area contributed by atoms with Gasteiger partial charge in [0.25, 0.3) is 0 Å². The van der Waals surface area contributed by atoms with Crippen LogP contribution < -0.4 is 10.0 Å². The zero-order valence-electron chi connectivity index (χ0n) is 10.8. The summed E-state index contributed by atoms with van der Waals surface area (Å²) < 4.78 is 23.9. The molecule has 1 amide bonds. The predicted octanol–water partition coefficient (Wildman–Crippen LogP) is -0.316. The Morgan fingerprint density at radius 3 is 2.28 bits per heavy atom. The van der Waals surface area contributed by atoms with Gasteiger partial charge in [0.15, 0.2) is 0 Å². The Balaban J connectivity index is 4.45. The van der Waals surface area contributed by atoms with Crippen molar-refractivity contribution in [3.8, 4) is 0 Å². The summed E-state index contributed by atoms with van der Waals surface area (Å²) in [6.07, 6.45) is 2.74. The fourth-order valence-corrected chi connectivity index (χ4v) is 2.09. The van der Waals surface area contributed by atoms with Crippen molar-refractivity contribution in [2.75, 3.05) is 6.26 Å². The number of aliphatic carboxylic acids is 1. The molecule has 18 heavy (non-hydrogen) atoms. The van der Waals surface area contributed by atoms with Gasteiger partial charge >= 0.3 is 5.97 Å². The van der Waals surface area contributed by atoms with Gasteiger partial charge in [0.1, 0.15) is 6.04 Å². The van der Waals surface area contributed by atoms with Crippen molar-refractivity contribution in [2.24, 2.45) is 0 Å². The normalized spacial score (nSPS) is 14.8. The molecule has 0 aromatic rings. The minimum absolute atomic E-state index is 0.323. The number of sulfonamides is 1. The number of carboxylic acid groups (broad SMARTS) is 1. The lowest BCUT2D eigenvalue weighted by Crippen LogP contribution is -2.50. The lowest BCUT2D eigenvalue weighted by molar-refractivity contribution is -0.142. The van der Waals surface area contributed by atoms with Crippen molar-refractivity contribution in [3.63, 3.8) is 0 Å². The van der Waals surface area contributed by atoms with Gasteiger partial charge in [-0.1, -0.05) is 19.8 Å². The molecule has 0 spiro atoms. The molecule has 7 nitrogen and oxygen atoms in total. The van der Waals surface area contributed by atoms with Crippen molar-refractivity contribution >= 4 is 21.9 Å². The highest BCUT2D eigenvalue weighted by Gasteiger charge is 2.23. The van der Waals surface area contributed by atoms with Crippen LogP contribution >= 0.6 is 0 Å². The van der Waals surface area contributed by atoms with Crippen LogP contribution in [0.15, 0.2) is 0 Å². The van der Waals surface area contributed by atoms with E-state index in [1.807, 2.05) is 6.92 Å². The van der Waals surface area contributed by atoms with Gasteiger partial charge in [-0.15, -0.1) is 0 Å². The quantitative estimate of drug-likeness (QED) is 0.564. The molecule has 0 rings (SSSR count). The van der Waals surface area contributed by atoms with E-state index in [1.54, 1.807) is 0 Å². The summed E-state index contributed by atoms with van der Waals surface area (Å²) >= 11 is 0. The molecule has 0 fully saturated rings. The first kappa shape index (κ1) is 16.9. The number of amides is 1. The Hall–Kier alpha value is -1.15. The zero-order valence-corrected chi connectivity index (χ0v) is 11.6. The number of rotatable bonds is 8. The predicted molar refractivity (Wildman–Crippen MR) is 66.5 cm³/mol. The standard InChI is InChI=1S/C10H20N2O5S/c1-4-5-6-8(10(14)15)11-9(13)7(2)12-18(3,16)17/h7-8,12H,4-6H2,1-3H3,(H,11,13)(H,14,15)/t7?,8-/m0/s1. The van der Waals surface area contributed by atoms with Crippen molar-refractivity contribution in [1.82, 2.24) is 10.0 Å². The summed E-state index contributed by atoms with van der Waals surface area (Å²) in [6, 6.07) is -1.98. The van der Waals surface area contributed by atoms with Crippen molar-refractivity contribution in [3.05, 3.63) is 0 Å². The molecule has 2 atom stereocenters. The molecule has 0 bridgehead atoms. The lowest BCUT2D eigenvalue weighted by Gasteiger charge is -2.17. The average Bonchev–Trinajstić information content (AvgIpc) is 2.20. The molecular formula is C10H20N2O5S. The Labute approximate surface area is 107 Å².